The molecule has 6 heterocycles. The Morgan fingerprint density at radius 2 is 0.537 bits per heavy atom. The van der Waals surface area contributed by atoms with Crippen molar-refractivity contribution >= 4 is 128 Å². The predicted octanol–water partition coefficient (Wildman–Crippen LogP) is 26.3. The highest BCUT2D eigenvalue weighted by Crippen LogP contribution is 2.58. The fourth-order valence-electron chi connectivity index (χ4n) is 17.8. The molecule has 0 amide bonds. The SMILES string of the molecule is c1ccc(-c2nc(-c3ccccc3)nc(-c3ccc(-n4c5cccc6c5c5c7c(cccc7c7sc8ccccc8c7c54)-c4cc(-c5ccc(-c7nc(-c8ccccc8)nc(-c8cccc(-n9c%10cccc%11c%10c%10c%12c(cccc%12c%12sc%13ccccc%13c%12c%109)-c9ccccc9-%11)c8)n7)cc5)ccc4-6)cc3)n2)cc1. The van der Waals surface area contributed by atoms with Crippen molar-refractivity contribution in [2.45, 2.75) is 0 Å². The molecule has 0 N–H and O–H groups in total. The summed E-state index contributed by atoms with van der Waals surface area (Å²) < 4.78 is 10.2. The van der Waals surface area contributed by atoms with Crippen LogP contribution in [0.2, 0.25) is 0 Å². The average molecular weight is 1410 g/mol. The van der Waals surface area contributed by atoms with Gasteiger partial charge >= 0.3 is 0 Å². The zero-order valence-corrected chi connectivity index (χ0v) is 59.2. The van der Waals surface area contributed by atoms with E-state index in [9.17, 15) is 0 Å². The molecular weight excluding hydrogens is 1350 g/mol. The average Bonchev–Trinajstić information content (AvgIpc) is 1.52. The molecule has 6 aromatic heterocycles. The summed E-state index contributed by atoms with van der Waals surface area (Å²) in [5, 5.41) is 15.2. The monoisotopic (exact) mass is 1410 g/mol. The van der Waals surface area contributed by atoms with Gasteiger partial charge in [0.05, 0.1) is 22.1 Å². The summed E-state index contributed by atoms with van der Waals surface area (Å²) in [4.78, 5) is 31.3. The van der Waals surface area contributed by atoms with Gasteiger partial charge in [0, 0.05) is 128 Å². The first-order chi connectivity index (χ1) is 53.6. The zero-order chi connectivity index (χ0) is 70.4. The second-order valence-electron chi connectivity index (χ2n) is 28.3. The van der Waals surface area contributed by atoms with Crippen LogP contribution in [0.15, 0.2) is 328 Å². The molecule has 0 saturated heterocycles. The van der Waals surface area contributed by atoms with Crippen molar-refractivity contribution in [1.82, 2.24) is 39.0 Å². The van der Waals surface area contributed by atoms with Gasteiger partial charge in [0.15, 0.2) is 34.9 Å². The fraction of sp³-hybridized carbons (Fsp3) is 0. The highest BCUT2D eigenvalue weighted by atomic mass is 32.1. The van der Waals surface area contributed by atoms with Gasteiger partial charge in [-0.2, -0.15) is 0 Å². The van der Waals surface area contributed by atoms with E-state index < -0.39 is 0 Å². The Labute approximate surface area is 625 Å². The van der Waals surface area contributed by atoms with Crippen molar-refractivity contribution in [2.24, 2.45) is 0 Å². The highest BCUT2D eigenvalue weighted by molar-refractivity contribution is 7.27. The molecule has 22 aromatic rings. The molecule has 10 heteroatoms. The van der Waals surface area contributed by atoms with Crippen LogP contribution in [-0.4, -0.2) is 39.0 Å². The Kier molecular flexibility index (Phi) is 12.6. The number of thiophene rings is 2. The number of hydrogen-bond acceptors (Lipinski definition) is 8. The number of aromatic nitrogens is 8. The van der Waals surface area contributed by atoms with E-state index in [1.165, 1.54) is 139 Å². The molecule has 0 saturated carbocycles. The van der Waals surface area contributed by atoms with Crippen molar-refractivity contribution in [2.75, 3.05) is 0 Å². The summed E-state index contributed by atoms with van der Waals surface area (Å²) in [7, 11) is 0. The van der Waals surface area contributed by atoms with Crippen LogP contribution in [0.25, 0.3) is 241 Å². The third-order valence-electron chi connectivity index (χ3n) is 22.5. The molecule has 108 heavy (non-hydrogen) atoms. The lowest BCUT2D eigenvalue weighted by Gasteiger charge is -2.16. The maximum Gasteiger partial charge on any atom is 0.164 e. The lowest BCUT2D eigenvalue weighted by Crippen LogP contribution is -2.01. The van der Waals surface area contributed by atoms with E-state index in [0.29, 0.717) is 34.9 Å². The first-order valence-corrected chi connectivity index (χ1v) is 38.1. The van der Waals surface area contributed by atoms with Crippen molar-refractivity contribution < 1.29 is 0 Å². The predicted molar refractivity (Wildman–Crippen MR) is 450 cm³/mol. The van der Waals surface area contributed by atoms with Gasteiger partial charge in [0.1, 0.15) is 0 Å². The van der Waals surface area contributed by atoms with Crippen LogP contribution >= 0.6 is 22.7 Å². The Bertz CT molecular complexity index is 7590. The van der Waals surface area contributed by atoms with Gasteiger partial charge in [-0.1, -0.05) is 261 Å². The molecule has 0 bridgehead atoms. The smallest absolute Gasteiger partial charge is 0.164 e. The molecule has 2 aliphatic rings. The summed E-state index contributed by atoms with van der Waals surface area (Å²) in [5.74, 6) is 3.69. The van der Waals surface area contributed by atoms with E-state index in [2.05, 4.69) is 282 Å². The molecule has 8 nitrogen and oxygen atoms in total. The molecule has 0 fully saturated rings. The van der Waals surface area contributed by atoms with Gasteiger partial charge in [-0.15, -0.1) is 22.7 Å². The molecule has 0 aliphatic heterocycles. The summed E-state index contributed by atoms with van der Waals surface area (Å²) in [6.45, 7) is 0. The van der Waals surface area contributed by atoms with E-state index in [0.717, 1.165) is 66.9 Å². The van der Waals surface area contributed by atoms with Gasteiger partial charge in [-0.05, 0) is 122 Å². The third kappa shape index (κ3) is 8.60. The number of benzene rings is 16. The zero-order valence-electron chi connectivity index (χ0n) is 57.6. The number of rotatable bonds is 9. The van der Waals surface area contributed by atoms with Gasteiger partial charge in [-0.3, -0.25) is 0 Å². The van der Waals surface area contributed by atoms with Crippen molar-refractivity contribution in [3.05, 3.63) is 328 Å². The van der Waals surface area contributed by atoms with Crippen LogP contribution in [0, 0.1) is 0 Å². The minimum absolute atomic E-state index is 0.598. The normalized spacial score (nSPS) is 12.3. The van der Waals surface area contributed by atoms with E-state index in [1.54, 1.807) is 0 Å². The van der Waals surface area contributed by atoms with Crippen molar-refractivity contribution in [3.8, 4) is 135 Å². The maximum absolute atomic E-state index is 5.44. The quantitative estimate of drug-likeness (QED) is 0.143. The summed E-state index contributed by atoms with van der Waals surface area (Å²) in [5.41, 5.74) is 24.3. The van der Waals surface area contributed by atoms with Gasteiger partial charge in [0.2, 0.25) is 0 Å². The van der Waals surface area contributed by atoms with Crippen molar-refractivity contribution in [3.63, 3.8) is 0 Å². The van der Waals surface area contributed by atoms with Gasteiger partial charge in [-0.25, -0.2) is 29.9 Å². The Balaban J connectivity index is 0.638. The lowest BCUT2D eigenvalue weighted by molar-refractivity contribution is 1.07. The highest BCUT2D eigenvalue weighted by Gasteiger charge is 2.32. The Morgan fingerprint density at radius 3 is 1.04 bits per heavy atom. The Morgan fingerprint density at radius 1 is 0.194 bits per heavy atom. The molecule has 0 atom stereocenters. The van der Waals surface area contributed by atoms with Gasteiger partial charge < -0.3 is 9.13 Å². The molecule has 24 rings (SSSR count). The lowest BCUT2D eigenvalue weighted by atomic mass is 9.90. The second kappa shape index (κ2) is 22.8. The number of nitrogens with zero attached hydrogens (tertiary/aromatic N) is 8. The maximum atomic E-state index is 5.44. The first-order valence-electron chi connectivity index (χ1n) is 36.5. The molecule has 498 valence electrons. The van der Waals surface area contributed by atoms with Crippen LogP contribution in [0.4, 0.5) is 0 Å². The van der Waals surface area contributed by atoms with Crippen molar-refractivity contribution in [1.29, 1.82) is 0 Å². The standard InChI is InChI=1S/C98H54N8S2/c1-4-21-56(22-5-1)93-99-94(57-23-6-2-7-24-57)101-97(100-93)60-47-50-63(51-48-60)105-77-39-20-36-70-67-52-49-61(54-76(67)71-34-18-38-75-82(71)88(84(70)77)89(105)85-72-31-12-14-41-79(72)108-92(75)85)55-43-45-59(46-44-55)96-102-95(58-25-8-3-9-26-58)103-98(104-96)62-27-16-28-64(53-62)106-78-40-19-35-69-66-30-11-10-29-65(66)68-33-17-37-74-81(68)87(83(69)78)90(106)86-73-32-13-15-42-80(73)107-91(74)86/h1-54H. The topological polar surface area (TPSA) is 87.2 Å². The summed E-state index contributed by atoms with van der Waals surface area (Å²) >= 11 is 3.78. The van der Waals surface area contributed by atoms with Crippen LogP contribution in [-0.2, 0) is 0 Å². The minimum atomic E-state index is 0.598. The number of fused-ring (bicyclic) bond motifs is 16. The first kappa shape index (κ1) is 59.5. The molecule has 0 spiro atoms. The van der Waals surface area contributed by atoms with Crippen LogP contribution in [0.3, 0.4) is 0 Å². The molecule has 0 unspecified atom stereocenters. The fourth-order valence-corrected chi connectivity index (χ4v) is 20.3. The summed E-state index contributed by atoms with van der Waals surface area (Å²) in [6, 6.07) is 119. The summed E-state index contributed by atoms with van der Waals surface area (Å²) in [6.07, 6.45) is 0. The molecule has 0 radical (unpaired) electrons. The van der Waals surface area contributed by atoms with E-state index >= 15 is 0 Å². The molecular formula is C98H54N8S2. The number of hydrogen-bond donors (Lipinski definition) is 0. The molecule has 2 aliphatic carbocycles. The largest absolute Gasteiger partial charge is 0.309 e. The Hall–Kier alpha value is -13.9. The van der Waals surface area contributed by atoms with E-state index in [-0.39, 0.29) is 0 Å². The minimum Gasteiger partial charge on any atom is -0.309 e. The van der Waals surface area contributed by atoms with Gasteiger partial charge in [0.25, 0.3) is 0 Å². The molecule has 16 aromatic carbocycles. The van der Waals surface area contributed by atoms with Crippen LogP contribution in [0.5, 0.6) is 0 Å². The third-order valence-corrected chi connectivity index (χ3v) is 24.9. The van der Waals surface area contributed by atoms with Crippen LogP contribution in [0.1, 0.15) is 0 Å². The van der Waals surface area contributed by atoms with Crippen LogP contribution < -0.4 is 0 Å². The van der Waals surface area contributed by atoms with E-state index in [1.807, 2.05) is 77.3 Å². The second-order valence-corrected chi connectivity index (χ2v) is 30.4. The van der Waals surface area contributed by atoms with E-state index in [4.69, 9.17) is 29.9 Å².